The number of carbonyl (C=O) groups excluding carboxylic acids is 3. The van der Waals surface area contributed by atoms with Gasteiger partial charge in [-0.3, -0.25) is 14.4 Å². The van der Waals surface area contributed by atoms with E-state index in [-0.39, 0.29) is 0 Å². The summed E-state index contributed by atoms with van der Waals surface area (Å²) in [5.41, 5.74) is -0.694. The van der Waals surface area contributed by atoms with Gasteiger partial charge in [-0.2, -0.15) is 0 Å². The predicted octanol–water partition coefficient (Wildman–Crippen LogP) is 1.71. The van der Waals surface area contributed by atoms with Gasteiger partial charge in [0.05, 0.1) is 11.1 Å². The third-order valence-electron chi connectivity index (χ3n) is 3.51. The van der Waals surface area contributed by atoms with Crippen molar-refractivity contribution in [1.82, 2.24) is 4.98 Å². The van der Waals surface area contributed by atoms with Crippen LogP contribution in [0.4, 0.5) is 0 Å². The summed E-state index contributed by atoms with van der Waals surface area (Å²) in [6, 6.07) is 5.37. The van der Waals surface area contributed by atoms with Crippen LogP contribution in [0.15, 0.2) is 29.4 Å². The molecular weight excluding hydrogens is 362 g/mol. The van der Waals surface area contributed by atoms with E-state index >= 15 is 0 Å². The van der Waals surface area contributed by atoms with Gasteiger partial charge in [0.2, 0.25) is 0 Å². The number of nitrogens with zero attached hydrogens (tertiary/aromatic N) is 1. The molecule has 26 heavy (non-hydrogen) atoms. The maximum atomic E-state index is 11.6. The van der Waals surface area contributed by atoms with Gasteiger partial charge in [-0.1, -0.05) is 17.8 Å². The molecule has 1 fully saturated rings. The second-order valence-electron chi connectivity index (χ2n) is 5.72. The molecule has 0 bridgehead atoms. The number of thioether (sulfide) groups is 1. The van der Waals surface area contributed by atoms with E-state index in [2.05, 4.69) is 4.98 Å². The van der Waals surface area contributed by atoms with Gasteiger partial charge in [0.25, 0.3) is 0 Å². The molecule has 0 N–H and O–H groups in total. The van der Waals surface area contributed by atoms with Crippen LogP contribution in [0.5, 0.6) is 0 Å². The molecule has 1 aromatic heterocycles. The second-order valence-corrected chi connectivity index (χ2v) is 6.84. The summed E-state index contributed by atoms with van der Waals surface area (Å²) >= 11 is 1.23. The van der Waals surface area contributed by atoms with Crippen molar-refractivity contribution in [3.63, 3.8) is 0 Å². The van der Waals surface area contributed by atoms with Gasteiger partial charge in [0.15, 0.2) is 18.3 Å². The van der Waals surface area contributed by atoms with Gasteiger partial charge in [0, 0.05) is 27.0 Å². The standard InChI is InChI=1S/C17H21NO7S/c1-9-14(23-10(2)19)15(24-11(3)20)16(25-12(4)21)17(22-9)26-13-7-5-6-8-18-13/h5-9,14-17H,1-4H3/t9-,14-,15+,16-,17-/m0/s1. The Bertz CT molecular complexity index is 654. The second kappa shape index (κ2) is 9.00. The monoisotopic (exact) mass is 383 g/mol. The van der Waals surface area contributed by atoms with Gasteiger partial charge >= 0.3 is 17.9 Å². The molecule has 2 heterocycles. The van der Waals surface area contributed by atoms with Crippen molar-refractivity contribution in [3.05, 3.63) is 24.4 Å². The van der Waals surface area contributed by atoms with Crippen LogP contribution in [0.3, 0.4) is 0 Å². The van der Waals surface area contributed by atoms with Crippen LogP contribution in [-0.4, -0.2) is 52.7 Å². The molecule has 0 aliphatic carbocycles. The summed E-state index contributed by atoms with van der Waals surface area (Å²) in [5.74, 6) is -1.71. The Hall–Kier alpha value is -2.13. The first-order valence-corrected chi connectivity index (χ1v) is 8.90. The maximum absolute atomic E-state index is 11.6. The number of hydrogen-bond acceptors (Lipinski definition) is 9. The SMILES string of the molecule is CC(=O)O[C@@H]1[C@@H](OC(C)=O)[C@H](C)O[C@@H](Sc2ccccn2)[C@H]1OC(C)=O. The Labute approximate surface area is 155 Å². The zero-order valence-corrected chi connectivity index (χ0v) is 15.7. The molecule has 1 aromatic rings. The van der Waals surface area contributed by atoms with Crippen molar-refractivity contribution in [2.24, 2.45) is 0 Å². The lowest BCUT2D eigenvalue weighted by atomic mass is 10.00. The Kier molecular flexibility index (Phi) is 6.98. The lowest BCUT2D eigenvalue weighted by Gasteiger charge is -2.43. The van der Waals surface area contributed by atoms with E-state index in [1.54, 1.807) is 25.3 Å². The highest BCUT2D eigenvalue weighted by Crippen LogP contribution is 2.36. The van der Waals surface area contributed by atoms with Crippen LogP contribution in [0, 0.1) is 0 Å². The zero-order chi connectivity index (χ0) is 19.3. The number of carbonyl (C=O) groups is 3. The Morgan fingerprint density at radius 2 is 1.54 bits per heavy atom. The molecule has 0 spiro atoms. The van der Waals surface area contributed by atoms with E-state index in [0.29, 0.717) is 5.03 Å². The molecule has 0 radical (unpaired) electrons. The largest absolute Gasteiger partial charge is 0.456 e. The quantitative estimate of drug-likeness (QED) is 0.555. The lowest BCUT2D eigenvalue weighted by molar-refractivity contribution is -0.229. The van der Waals surface area contributed by atoms with E-state index in [1.165, 1.54) is 32.5 Å². The van der Waals surface area contributed by atoms with E-state index in [9.17, 15) is 14.4 Å². The summed E-state index contributed by atoms with van der Waals surface area (Å²) < 4.78 is 21.9. The van der Waals surface area contributed by atoms with Gasteiger partial charge < -0.3 is 18.9 Å². The van der Waals surface area contributed by atoms with E-state index in [4.69, 9.17) is 18.9 Å². The normalized spacial score (nSPS) is 28.1. The lowest BCUT2D eigenvalue weighted by Crippen LogP contribution is -2.59. The minimum Gasteiger partial charge on any atom is -0.456 e. The molecular formula is C17H21NO7S. The van der Waals surface area contributed by atoms with Gasteiger partial charge in [0.1, 0.15) is 5.44 Å². The highest BCUT2D eigenvalue weighted by atomic mass is 32.2. The third kappa shape index (κ3) is 5.43. The Balaban J connectivity index is 2.33. The summed E-state index contributed by atoms with van der Waals surface area (Å²) in [7, 11) is 0. The van der Waals surface area contributed by atoms with Crippen LogP contribution >= 0.6 is 11.8 Å². The molecule has 0 saturated carbocycles. The Morgan fingerprint density at radius 3 is 2.08 bits per heavy atom. The van der Waals surface area contributed by atoms with E-state index in [0.717, 1.165) is 0 Å². The van der Waals surface area contributed by atoms with Crippen LogP contribution in [0.25, 0.3) is 0 Å². The predicted molar refractivity (Wildman–Crippen MR) is 91.1 cm³/mol. The van der Waals surface area contributed by atoms with Crippen molar-refractivity contribution >= 4 is 29.7 Å². The van der Waals surface area contributed by atoms with Crippen LogP contribution in [0.1, 0.15) is 27.7 Å². The van der Waals surface area contributed by atoms with E-state index in [1.807, 2.05) is 6.07 Å². The van der Waals surface area contributed by atoms with Gasteiger partial charge in [-0.15, -0.1) is 0 Å². The van der Waals surface area contributed by atoms with Crippen molar-refractivity contribution < 1.29 is 33.3 Å². The first kappa shape index (κ1) is 20.2. The maximum Gasteiger partial charge on any atom is 0.303 e. The average Bonchev–Trinajstić information content (AvgIpc) is 2.54. The van der Waals surface area contributed by atoms with Crippen molar-refractivity contribution in [1.29, 1.82) is 0 Å². The van der Waals surface area contributed by atoms with Crippen molar-refractivity contribution in [3.8, 4) is 0 Å². The minimum absolute atomic E-state index is 0.556. The number of aromatic nitrogens is 1. The fourth-order valence-electron chi connectivity index (χ4n) is 2.60. The minimum atomic E-state index is -0.995. The number of esters is 3. The number of pyridine rings is 1. The molecule has 0 aromatic carbocycles. The highest BCUT2D eigenvalue weighted by molar-refractivity contribution is 7.99. The molecule has 9 heteroatoms. The smallest absolute Gasteiger partial charge is 0.303 e. The zero-order valence-electron chi connectivity index (χ0n) is 14.9. The first-order valence-electron chi connectivity index (χ1n) is 8.02. The molecule has 0 unspecified atom stereocenters. The molecule has 1 saturated heterocycles. The van der Waals surface area contributed by atoms with Crippen molar-refractivity contribution in [2.45, 2.75) is 62.6 Å². The van der Waals surface area contributed by atoms with Gasteiger partial charge in [-0.25, -0.2) is 4.98 Å². The van der Waals surface area contributed by atoms with Crippen LogP contribution < -0.4 is 0 Å². The molecule has 2 rings (SSSR count). The topological polar surface area (TPSA) is 101 Å². The molecule has 0 amide bonds. The number of hydrogen-bond donors (Lipinski definition) is 0. The first-order chi connectivity index (χ1) is 12.3. The summed E-state index contributed by atoms with van der Waals surface area (Å²) in [5, 5.41) is 0.648. The fourth-order valence-corrected chi connectivity index (χ4v) is 3.69. The molecule has 1 aliphatic rings. The van der Waals surface area contributed by atoms with Crippen LogP contribution in [-0.2, 0) is 33.3 Å². The number of ether oxygens (including phenoxy) is 4. The molecule has 8 nitrogen and oxygen atoms in total. The molecule has 142 valence electrons. The van der Waals surface area contributed by atoms with Crippen LogP contribution in [0.2, 0.25) is 0 Å². The Morgan fingerprint density at radius 1 is 0.962 bits per heavy atom. The van der Waals surface area contributed by atoms with Crippen molar-refractivity contribution in [2.75, 3.05) is 0 Å². The highest BCUT2D eigenvalue weighted by Gasteiger charge is 2.50. The molecule has 5 atom stereocenters. The van der Waals surface area contributed by atoms with Gasteiger partial charge in [-0.05, 0) is 19.1 Å². The fraction of sp³-hybridized carbons (Fsp3) is 0.529. The number of rotatable bonds is 5. The summed E-state index contributed by atoms with van der Waals surface area (Å²) in [6.07, 6.45) is -1.83. The van der Waals surface area contributed by atoms with E-state index < -0.39 is 47.8 Å². The molecule has 1 aliphatic heterocycles. The average molecular weight is 383 g/mol. The third-order valence-corrected chi connectivity index (χ3v) is 4.60. The summed E-state index contributed by atoms with van der Waals surface area (Å²) in [6.45, 7) is 5.41. The summed E-state index contributed by atoms with van der Waals surface area (Å²) in [4.78, 5) is 38.8.